The Hall–Kier alpha value is -1.73. The molecule has 3 N–H and O–H groups in total. The molecule has 1 aliphatic heterocycles. The molecule has 7 heteroatoms. The highest BCUT2D eigenvalue weighted by molar-refractivity contribution is 7.09. The summed E-state index contributed by atoms with van der Waals surface area (Å²) in [5.41, 5.74) is 3.62. The molecule has 0 spiro atoms. The summed E-state index contributed by atoms with van der Waals surface area (Å²) < 4.78 is 0. The number of fused-ring (bicyclic) bond motifs is 1. The SMILES string of the molecule is Cc1csc(CCNC(=O)c2n[nH]c3c2CNCC3)n1. The van der Waals surface area contributed by atoms with Crippen molar-refractivity contribution >= 4 is 17.2 Å². The minimum Gasteiger partial charge on any atom is -0.350 e. The lowest BCUT2D eigenvalue weighted by Gasteiger charge is -2.12. The van der Waals surface area contributed by atoms with Crippen molar-refractivity contribution in [2.24, 2.45) is 0 Å². The van der Waals surface area contributed by atoms with Crippen LogP contribution in [0.1, 0.15) is 32.4 Å². The molecule has 0 unspecified atom stereocenters. The molecule has 0 saturated heterocycles. The van der Waals surface area contributed by atoms with Crippen molar-refractivity contribution in [1.82, 2.24) is 25.8 Å². The second kappa shape index (κ2) is 5.72. The Morgan fingerprint density at radius 1 is 1.55 bits per heavy atom. The minimum atomic E-state index is -0.112. The van der Waals surface area contributed by atoms with Gasteiger partial charge in [-0.3, -0.25) is 9.89 Å². The number of carbonyl (C=O) groups excluding carboxylic acids is 1. The van der Waals surface area contributed by atoms with Crippen molar-refractivity contribution in [3.63, 3.8) is 0 Å². The number of amides is 1. The number of rotatable bonds is 4. The zero-order chi connectivity index (χ0) is 13.9. The van der Waals surface area contributed by atoms with Crippen LogP contribution < -0.4 is 10.6 Å². The molecule has 106 valence electrons. The van der Waals surface area contributed by atoms with E-state index in [-0.39, 0.29) is 5.91 Å². The van der Waals surface area contributed by atoms with E-state index in [0.717, 1.165) is 41.3 Å². The van der Waals surface area contributed by atoms with Crippen molar-refractivity contribution in [2.75, 3.05) is 13.1 Å². The third-order valence-electron chi connectivity index (χ3n) is 3.31. The molecule has 6 nitrogen and oxygen atoms in total. The van der Waals surface area contributed by atoms with Crippen LogP contribution in [0.2, 0.25) is 0 Å². The monoisotopic (exact) mass is 291 g/mol. The lowest BCUT2D eigenvalue weighted by Crippen LogP contribution is -2.29. The number of nitrogens with zero attached hydrogens (tertiary/aromatic N) is 2. The van der Waals surface area contributed by atoms with Gasteiger partial charge < -0.3 is 10.6 Å². The van der Waals surface area contributed by atoms with Crippen LogP contribution in [0, 0.1) is 6.92 Å². The topological polar surface area (TPSA) is 82.7 Å². The molecule has 20 heavy (non-hydrogen) atoms. The number of carbonyl (C=O) groups is 1. The highest BCUT2D eigenvalue weighted by Gasteiger charge is 2.21. The molecule has 0 atom stereocenters. The van der Waals surface area contributed by atoms with Gasteiger partial charge in [0, 0.05) is 54.8 Å². The van der Waals surface area contributed by atoms with Crippen LogP contribution in [-0.4, -0.2) is 34.2 Å². The van der Waals surface area contributed by atoms with Crippen molar-refractivity contribution in [3.8, 4) is 0 Å². The molecule has 0 radical (unpaired) electrons. The first-order valence-electron chi connectivity index (χ1n) is 6.70. The molecule has 0 aromatic carbocycles. The Kier molecular flexibility index (Phi) is 3.79. The Labute approximate surface area is 121 Å². The molecule has 1 aliphatic rings. The molecular weight excluding hydrogens is 274 g/mol. The van der Waals surface area contributed by atoms with Gasteiger partial charge in [0.05, 0.1) is 5.01 Å². The van der Waals surface area contributed by atoms with Crippen LogP contribution >= 0.6 is 11.3 Å². The van der Waals surface area contributed by atoms with E-state index in [9.17, 15) is 4.79 Å². The number of hydrogen-bond acceptors (Lipinski definition) is 5. The first kappa shape index (κ1) is 13.3. The van der Waals surface area contributed by atoms with E-state index in [4.69, 9.17) is 0 Å². The molecule has 3 rings (SSSR count). The Morgan fingerprint density at radius 3 is 3.25 bits per heavy atom. The normalized spacial score (nSPS) is 14.1. The number of hydrogen-bond donors (Lipinski definition) is 3. The summed E-state index contributed by atoms with van der Waals surface area (Å²) >= 11 is 1.63. The van der Waals surface area contributed by atoms with Crippen LogP contribution in [-0.2, 0) is 19.4 Å². The summed E-state index contributed by atoms with van der Waals surface area (Å²) in [7, 11) is 0. The van der Waals surface area contributed by atoms with Crippen LogP contribution in [0.4, 0.5) is 0 Å². The smallest absolute Gasteiger partial charge is 0.272 e. The summed E-state index contributed by atoms with van der Waals surface area (Å²) in [6, 6.07) is 0. The van der Waals surface area contributed by atoms with E-state index in [1.807, 2.05) is 12.3 Å². The molecule has 2 aromatic rings. The molecular formula is C13H17N5OS. The van der Waals surface area contributed by atoms with Crippen LogP contribution in [0.15, 0.2) is 5.38 Å². The molecule has 0 fully saturated rings. The predicted octanol–water partition coefficient (Wildman–Crippen LogP) is 0.793. The van der Waals surface area contributed by atoms with Crippen LogP contribution in [0.5, 0.6) is 0 Å². The second-order valence-electron chi connectivity index (χ2n) is 4.84. The Morgan fingerprint density at radius 2 is 2.45 bits per heavy atom. The quantitative estimate of drug-likeness (QED) is 0.778. The number of thiazole rings is 1. The standard InChI is InChI=1S/C13H17N5OS/c1-8-7-20-11(16-8)3-5-15-13(19)12-9-6-14-4-2-10(9)17-18-12/h7,14H,2-6H2,1H3,(H,15,19)(H,17,18). The van der Waals surface area contributed by atoms with Gasteiger partial charge in [-0.2, -0.15) is 5.10 Å². The Bertz CT molecular complexity index is 618. The molecule has 0 bridgehead atoms. The summed E-state index contributed by atoms with van der Waals surface area (Å²) in [4.78, 5) is 16.5. The fourth-order valence-corrected chi connectivity index (χ4v) is 3.07. The number of H-pyrrole nitrogens is 1. The summed E-state index contributed by atoms with van der Waals surface area (Å²) in [5, 5.41) is 16.3. The van der Waals surface area contributed by atoms with Gasteiger partial charge in [-0.25, -0.2) is 4.98 Å². The van der Waals surface area contributed by atoms with E-state index < -0.39 is 0 Å². The number of aromatic amines is 1. The summed E-state index contributed by atoms with van der Waals surface area (Å²) in [6.45, 7) is 4.20. The van der Waals surface area contributed by atoms with E-state index in [1.54, 1.807) is 11.3 Å². The van der Waals surface area contributed by atoms with E-state index >= 15 is 0 Å². The fraction of sp³-hybridized carbons (Fsp3) is 0.462. The average Bonchev–Trinajstić information content (AvgIpc) is 3.05. The first-order chi connectivity index (χ1) is 9.74. The van der Waals surface area contributed by atoms with Crippen molar-refractivity contribution in [3.05, 3.63) is 33.0 Å². The average molecular weight is 291 g/mol. The van der Waals surface area contributed by atoms with Gasteiger partial charge in [-0.05, 0) is 6.92 Å². The summed E-state index contributed by atoms with van der Waals surface area (Å²) in [5.74, 6) is -0.112. The largest absolute Gasteiger partial charge is 0.350 e. The van der Waals surface area contributed by atoms with Crippen molar-refractivity contribution in [2.45, 2.75) is 26.3 Å². The lowest BCUT2D eigenvalue weighted by molar-refractivity contribution is 0.0948. The zero-order valence-electron chi connectivity index (χ0n) is 11.3. The van der Waals surface area contributed by atoms with Crippen molar-refractivity contribution < 1.29 is 4.79 Å². The maximum Gasteiger partial charge on any atom is 0.272 e. The van der Waals surface area contributed by atoms with E-state index in [1.165, 1.54) is 0 Å². The minimum absolute atomic E-state index is 0.112. The van der Waals surface area contributed by atoms with E-state index in [0.29, 0.717) is 18.8 Å². The third kappa shape index (κ3) is 2.73. The maximum absolute atomic E-state index is 12.1. The molecule has 0 aliphatic carbocycles. The van der Waals surface area contributed by atoms with Gasteiger partial charge in [0.1, 0.15) is 0 Å². The number of nitrogens with one attached hydrogen (secondary N) is 3. The van der Waals surface area contributed by atoms with Gasteiger partial charge in [0.25, 0.3) is 5.91 Å². The molecule has 2 aromatic heterocycles. The Balaban J connectivity index is 1.58. The maximum atomic E-state index is 12.1. The number of aryl methyl sites for hydroxylation is 1. The summed E-state index contributed by atoms with van der Waals surface area (Å²) in [6.07, 6.45) is 1.66. The van der Waals surface area contributed by atoms with E-state index in [2.05, 4.69) is 25.8 Å². The first-order valence-corrected chi connectivity index (χ1v) is 7.58. The van der Waals surface area contributed by atoms with Gasteiger partial charge in [0.15, 0.2) is 5.69 Å². The second-order valence-corrected chi connectivity index (χ2v) is 5.79. The zero-order valence-corrected chi connectivity index (χ0v) is 12.1. The highest BCUT2D eigenvalue weighted by atomic mass is 32.1. The van der Waals surface area contributed by atoms with Crippen molar-refractivity contribution in [1.29, 1.82) is 0 Å². The van der Waals surface area contributed by atoms with Crippen LogP contribution in [0.3, 0.4) is 0 Å². The van der Waals surface area contributed by atoms with Gasteiger partial charge in [-0.1, -0.05) is 0 Å². The predicted molar refractivity (Wildman–Crippen MR) is 76.9 cm³/mol. The van der Waals surface area contributed by atoms with Crippen LogP contribution in [0.25, 0.3) is 0 Å². The van der Waals surface area contributed by atoms with Gasteiger partial charge in [0.2, 0.25) is 0 Å². The molecule has 1 amide bonds. The van der Waals surface area contributed by atoms with Gasteiger partial charge in [-0.15, -0.1) is 11.3 Å². The lowest BCUT2D eigenvalue weighted by atomic mass is 10.1. The van der Waals surface area contributed by atoms with Gasteiger partial charge >= 0.3 is 0 Å². The molecule has 0 saturated carbocycles. The fourth-order valence-electron chi connectivity index (χ4n) is 2.30. The third-order valence-corrected chi connectivity index (χ3v) is 4.34. The number of aromatic nitrogens is 3. The highest BCUT2D eigenvalue weighted by Crippen LogP contribution is 2.15. The molecule has 3 heterocycles.